The summed E-state index contributed by atoms with van der Waals surface area (Å²) >= 11 is 0. The summed E-state index contributed by atoms with van der Waals surface area (Å²) in [6.45, 7) is 5.47. The van der Waals surface area contributed by atoms with Crippen LogP contribution < -0.4 is 5.32 Å². The van der Waals surface area contributed by atoms with Crippen LogP contribution >= 0.6 is 0 Å². The number of carbonyl (C=O) groups excluding carboxylic acids is 3. The number of likely N-dealkylation sites (tertiary alicyclic amines) is 1. The fraction of sp³-hybridized carbons (Fsp3) is 0.690. The summed E-state index contributed by atoms with van der Waals surface area (Å²) in [7, 11) is 0. The quantitative estimate of drug-likeness (QED) is 0.590. The number of benzene rings is 1. The van der Waals surface area contributed by atoms with Crippen LogP contribution in [0.3, 0.4) is 0 Å². The first-order chi connectivity index (χ1) is 16.4. The molecule has 6 rings (SSSR count). The van der Waals surface area contributed by atoms with Crippen LogP contribution in [0.4, 0.5) is 0 Å². The summed E-state index contributed by atoms with van der Waals surface area (Å²) in [5.41, 5.74) is 1.73. The first kappa shape index (κ1) is 23.6. The monoisotopic (exact) mass is 466 g/mol. The van der Waals surface area contributed by atoms with Crippen molar-refractivity contribution in [3.05, 3.63) is 35.4 Å². The zero-order valence-electron chi connectivity index (χ0n) is 20.9. The highest BCUT2D eigenvalue weighted by molar-refractivity contribution is 5.98. The molecule has 4 saturated carbocycles. The molecule has 1 aliphatic heterocycles. The Hall–Kier alpha value is -2.17. The standard InChI is InChI=1S/C29H40N2O3.H2/c1-19(2)26(32)25(21-8-4-3-5-9-21)30-27(33)23-11-6-10-22(14-23)24-12-7-13-31(18-24)28(34)29-15-20(16-29)17-29;/h6,10-11,14,19-21,24-25H,3-5,7-9,12-13,15-18H2,1-2H3,(H,30,33);1H/t20?,24-,25-,29?;/m1./s1. The molecule has 2 amide bonds. The smallest absolute Gasteiger partial charge is 0.251 e. The minimum absolute atomic E-state index is 0. The van der Waals surface area contributed by atoms with Crippen LogP contribution in [0.2, 0.25) is 0 Å². The van der Waals surface area contributed by atoms with Crippen molar-refractivity contribution in [2.75, 3.05) is 13.1 Å². The second-order valence-electron chi connectivity index (χ2n) is 11.9. The average molecular weight is 467 g/mol. The Bertz CT molecular complexity index is 938. The molecule has 34 heavy (non-hydrogen) atoms. The Balaban J connectivity index is 0.00000289. The van der Waals surface area contributed by atoms with E-state index in [1.54, 1.807) is 0 Å². The fourth-order valence-electron chi connectivity index (χ4n) is 6.92. The molecular formula is C29H42N2O3. The van der Waals surface area contributed by atoms with E-state index < -0.39 is 6.04 Å². The Labute approximate surface area is 205 Å². The van der Waals surface area contributed by atoms with Gasteiger partial charge in [-0.3, -0.25) is 14.4 Å². The normalized spacial score (nSPS) is 29.7. The second kappa shape index (κ2) is 9.47. The summed E-state index contributed by atoms with van der Waals surface area (Å²) in [6.07, 6.45) is 10.9. The van der Waals surface area contributed by atoms with E-state index in [-0.39, 0.29) is 36.3 Å². The van der Waals surface area contributed by atoms with Crippen LogP contribution in [0.5, 0.6) is 0 Å². The topological polar surface area (TPSA) is 66.5 Å². The largest absolute Gasteiger partial charge is 0.342 e. The average Bonchev–Trinajstić information content (AvgIpc) is 2.80. The van der Waals surface area contributed by atoms with Crippen molar-refractivity contribution in [1.29, 1.82) is 0 Å². The summed E-state index contributed by atoms with van der Waals surface area (Å²) in [5.74, 6) is 1.59. The molecule has 0 spiro atoms. The minimum Gasteiger partial charge on any atom is -0.342 e. The maximum Gasteiger partial charge on any atom is 0.251 e. The molecule has 0 radical (unpaired) electrons. The predicted octanol–water partition coefficient (Wildman–Crippen LogP) is 5.34. The maximum absolute atomic E-state index is 13.3. The van der Waals surface area contributed by atoms with Crippen molar-refractivity contribution in [1.82, 2.24) is 10.2 Å². The zero-order chi connectivity index (χ0) is 23.9. The van der Waals surface area contributed by atoms with Gasteiger partial charge in [0.05, 0.1) is 11.5 Å². The number of nitrogens with zero attached hydrogens (tertiary/aromatic N) is 1. The summed E-state index contributed by atoms with van der Waals surface area (Å²) in [4.78, 5) is 41.5. The van der Waals surface area contributed by atoms with Crippen LogP contribution in [-0.2, 0) is 9.59 Å². The highest BCUT2D eigenvalue weighted by Crippen LogP contribution is 2.65. The van der Waals surface area contributed by atoms with Crippen LogP contribution in [0, 0.1) is 23.2 Å². The Morgan fingerprint density at radius 1 is 1.03 bits per heavy atom. The molecule has 0 aromatic heterocycles. The molecule has 5 nitrogen and oxygen atoms in total. The van der Waals surface area contributed by atoms with E-state index in [0.29, 0.717) is 11.5 Å². The number of carbonyl (C=O) groups is 3. The van der Waals surface area contributed by atoms with Gasteiger partial charge in [0.15, 0.2) is 5.78 Å². The van der Waals surface area contributed by atoms with Gasteiger partial charge in [-0.1, -0.05) is 45.2 Å². The van der Waals surface area contributed by atoms with Crippen molar-refractivity contribution >= 4 is 17.6 Å². The SMILES string of the molecule is CC(C)C(=O)[C@H](NC(=O)c1cccc([C@@H]2CCCN(C(=O)C34CC(C3)C4)C2)c1)C1CCCCC1.[HH]. The molecule has 1 aromatic carbocycles. The third kappa shape index (κ3) is 4.43. The van der Waals surface area contributed by atoms with Gasteiger partial charge in [0.2, 0.25) is 5.91 Å². The van der Waals surface area contributed by atoms with Crippen LogP contribution in [0.15, 0.2) is 24.3 Å². The van der Waals surface area contributed by atoms with E-state index in [0.717, 1.165) is 82.4 Å². The molecule has 5 fully saturated rings. The van der Waals surface area contributed by atoms with Gasteiger partial charge >= 0.3 is 0 Å². The van der Waals surface area contributed by atoms with Crippen molar-refractivity contribution in [2.45, 2.75) is 90.0 Å². The maximum atomic E-state index is 13.3. The summed E-state index contributed by atoms with van der Waals surface area (Å²) < 4.78 is 0. The molecule has 5 heteroatoms. The fourth-order valence-corrected chi connectivity index (χ4v) is 6.92. The van der Waals surface area contributed by atoms with Crippen molar-refractivity contribution in [2.24, 2.45) is 23.2 Å². The molecule has 186 valence electrons. The first-order valence-electron chi connectivity index (χ1n) is 13.6. The molecule has 1 aromatic rings. The van der Waals surface area contributed by atoms with Crippen LogP contribution in [0.1, 0.15) is 101 Å². The van der Waals surface area contributed by atoms with Gasteiger partial charge in [-0.15, -0.1) is 0 Å². The van der Waals surface area contributed by atoms with Crippen molar-refractivity contribution in [3.63, 3.8) is 0 Å². The summed E-state index contributed by atoms with van der Waals surface area (Å²) in [6, 6.07) is 7.49. The van der Waals surface area contributed by atoms with Gasteiger partial charge < -0.3 is 10.2 Å². The number of amides is 2. The number of Topliss-reactive ketones (excluding diaryl/α,β-unsaturated/α-hetero) is 1. The molecule has 5 aliphatic rings. The lowest BCUT2D eigenvalue weighted by atomic mass is 9.44. The van der Waals surface area contributed by atoms with Gasteiger partial charge in [0.1, 0.15) is 0 Å². The molecular weight excluding hydrogens is 424 g/mol. The van der Waals surface area contributed by atoms with E-state index >= 15 is 0 Å². The van der Waals surface area contributed by atoms with Crippen LogP contribution in [-0.4, -0.2) is 41.6 Å². The van der Waals surface area contributed by atoms with Gasteiger partial charge in [-0.25, -0.2) is 0 Å². The van der Waals surface area contributed by atoms with Crippen LogP contribution in [0.25, 0.3) is 0 Å². The number of ketones is 1. The number of piperidine rings is 1. The lowest BCUT2D eigenvalue weighted by Crippen LogP contribution is -2.62. The van der Waals surface area contributed by atoms with Crippen molar-refractivity contribution in [3.8, 4) is 0 Å². The summed E-state index contributed by atoms with van der Waals surface area (Å²) in [5, 5.41) is 3.13. The van der Waals surface area contributed by atoms with Gasteiger partial charge in [-0.2, -0.15) is 0 Å². The predicted molar refractivity (Wildman–Crippen MR) is 135 cm³/mol. The van der Waals surface area contributed by atoms with E-state index in [9.17, 15) is 14.4 Å². The molecule has 1 heterocycles. The minimum atomic E-state index is -0.396. The van der Waals surface area contributed by atoms with E-state index in [2.05, 4.69) is 16.3 Å². The van der Waals surface area contributed by atoms with E-state index in [1.807, 2.05) is 32.0 Å². The van der Waals surface area contributed by atoms with E-state index in [4.69, 9.17) is 0 Å². The highest BCUT2D eigenvalue weighted by atomic mass is 16.2. The first-order valence-corrected chi connectivity index (χ1v) is 13.6. The number of nitrogens with one attached hydrogen (secondary N) is 1. The Kier molecular flexibility index (Phi) is 6.56. The third-order valence-corrected chi connectivity index (χ3v) is 9.10. The lowest BCUT2D eigenvalue weighted by molar-refractivity contribution is -0.178. The second-order valence-corrected chi connectivity index (χ2v) is 11.9. The molecule has 4 aliphatic carbocycles. The third-order valence-electron chi connectivity index (χ3n) is 9.10. The molecule has 0 unspecified atom stereocenters. The molecule has 1 N–H and O–H groups in total. The number of hydrogen-bond donors (Lipinski definition) is 1. The Morgan fingerprint density at radius 2 is 1.76 bits per heavy atom. The van der Waals surface area contributed by atoms with Gasteiger partial charge in [-0.05, 0) is 74.5 Å². The van der Waals surface area contributed by atoms with E-state index in [1.165, 1.54) is 6.42 Å². The Morgan fingerprint density at radius 3 is 2.41 bits per heavy atom. The zero-order valence-corrected chi connectivity index (χ0v) is 20.9. The number of hydrogen-bond acceptors (Lipinski definition) is 3. The van der Waals surface area contributed by atoms with Gasteiger partial charge in [0, 0.05) is 31.9 Å². The highest BCUT2D eigenvalue weighted by Gasteiger charge is 2.62. The lowest BCUT2D eigenvalue weighted by Gasteiger charge is -2.61. The molecule has 2 bridgehead atoms. The number of rotatable bonds is 7. The van der Waals surface area contributed by atoms with Gasteiger partial charge in [0.25, 0.3) is 5.91 Å². The molecule has 1 saturated heterocycles. The van der Waals surface area contributed by atoms with Crippen molar-refractivity contribution < 1.29 is 15.8 Å². The molecule has 2 atom stereocenters.